The van der Waals surface area contributed by atoms with Gasteiger partial charge in [0.05, 0.1) is 12.7 Å². The van der Waals surface area contributed by atoms with Gasteiger partial charge >= 0.3 is 0 Å². The van der Waals surface area contributed by atoms with Gasteiger partial charge in [0.2, 0.25) is 0 Å². The maximum Gasteiger partial charge on any atom is 0.196 e. The van der Waals surface area contributed by atoms with Crippen LogP contribution in [-0.4, -0.2) is 12.9 Å². The van der Waals surface area contributed by atoms with Crippen molar-refractivity contribution in [3.05, 3.63) is 62.5 Å². The fourth-order valence-corrected chi connectivity index (χ4v) is 2.24. The van der Waals surface area contributed by atoms with Crippen molar-refractivity contribution in [2.24, 2.45) is 0 Å². The number of methoxy groups -OCH3 is 1. The Kier molecular flexibility index (Phi) is 4.19. The van der Waals surface area contributed by atoms with Gasteiger partial charge in [-0.15, -0.1) is 0 Å². The molecule has 0 atom stereocenters. The second kappa shape index (κ2) is 5.69. The molecule has 0 fully saturated rings. The van der Waals surface area contributed by atoms with E-state index in [1.54, 1.807) is 31.2 Å². The van der Waals surface area contributed by atoms with Crippen LogP contribution in [0.2, 0.25) is 0 Å². The molecule has 0 aliphatic rings. The lowest BCUT2D eigenvalue weighted by atomic mass is 10.0. The zero-order valence-electron chi connectivity index (χ0n) is 10.5. The maximum absolute atomic E-state index is 13.5. The third kappa shape index (κ3) is 2.94. The van der Waals surface area contributed by atoms with Crippen molar-refractivity contribution in [2.75, 3.05) is 7.11 Å². The highest BCUT2D eigenvalue weighted by Crippen LogP contribution is 2.24. The number of benzene rings is 2. The first-order valence-electron chi connectivity index (χ1n) is 5.67. The van der Waals surface area contributed by atoms with Crippen molar-refractivity contribution in [2.45, 2.75) is 6.92 Å². The SMILES string of the molecule is COc1ccc(I)cc1C(=O)c1ccc(C)c(F)c1. The van der Waals surface area contributed by atoms with E-state index >= 15 is 0 Å². The van der Waals surface area contributed by atoms with Crippen molar-refractivity contribution >= 4 is 28.4 Å². The van der Waals surface area contributed by atoms with E-state index in [1.807, 2.05) is 6.07 Å². The normalized spacial score (nSPS) is 10.3. The van der Waals surface area contributed by atoms with Gasteiger partial charge in [-0.1, -0.05) is 12.1 Å². The molecule has 0 radical (unpaired) electrons. The molecule has 0 saturated carbocycles. The van der Waals surface area contributed by atoms with Crippen molar-refractivity contribution < 1.29 is 13.9 Å². The van der Waals surface area contributed by atoms with E-state index in [-0.39, 0.29) is 11.6 Å². The molecule has 0 aromatic heterocycles. The number of halogens is 2. The van der Waals surface area contributed by atoms with E-state index < -0.39 is 0 Å². The fourth-order valence-electron chi connectivity index (χ4n) is 1.75. The predicted octanol–water partition coefficient (Wildman–Crippen LogP) is 3.98. The van der Waals surface area contributed by atoms with Crippen LogP contribution < -0.4 is 4.74 Å². The second-order valence-electron chi connectivity index (χ2n) is 4.14. The third-order valence-electron chi connectivity index (χ3n) is 2.84. The summed E-state index contributed by atoms with van der Waals surface area (Å²) in [5.74, 6) is -0.129. The molecule has 0 aliphatic heterocycles. The van der Waals surface area contributed by atoms with Gasteiger partial charge in [0.1, 0.15) is 11.6 Å². The Morgan fingerprint density at radius 1 is 1.21 bits per heavy atom. The van der Waals surface area contributed by atoms with E-state index in [1.165, 1.54) is 13.2 Å². The Bertz CT molecular complexity index is 638. The standard InChI is InChI=1S/C15H12FIO2/c1-9-3-4-10(7-13(9)16)15(18)12-8-11(17)5-6-14(12)19-2/h3-8H,1-2H3. The molecule has 2 nitrogen and oxygen atoms in total. The second-order valence-corrected chi connectivity index (χ2v) is 5.38. The molecule has 0 N–H and O–H groups in total. The summed E-state index contributed by atoms with van der Waals surface area (Å²) in [5.41, 5.74) is 1.28. The molecule has 2 rings (SSSR count). The first-order chi connectivity index (χ1) is 9.02. The molecule has 0 aliphatic carbocycles. The highest BCUT2D eigenvalue weighted by atomic mass is 127. The minimum Gasteiger partial charge on any atom is -0.496 e. The van der Waals surface area contributed by atoms with E-state index in [0.717, 1.165) is 3.57 Å². The van der Waals surface area contributed by atoms with Gasteiger partial charge in [0.15, 0.2) is 5.78 Å². The maximum atomic E-state index is 13.5. The van der Waals surface area contributed by atoms with Crippen LogP contribution in [0.25, 0.3) is 0 Å². The third-order valence-corrected chi connectivity index (χ3v) is 3.51. The summed E-state index contributed by atoms with van der Waals surface area (Å²) >= 11 is 2.12. The van der Waals surface area contributed by atoms with Crippen LogP contribution in [0, 0.1) is 16.3 Å². The predicted molar refractivity (Wildman–Crippen MR) is 80.3 cm³/mol. The Morgan fingerprint density at radius 2 is 1.95 bits per heavy atom. The quantitative estimate of drug-likeness (QED) is 0.604. The van der Waals surface area contributed by atoms with Crippen LogP contribution in [0.4, 0.5) is 4.39 Å². The average molecular weight is 370 g/mol. The van der Waals surface area contributed by atoms with Crippen LogP contribution in [0.1, 0.15) is 21.5 Å². The van der Waals surface area contributed by atoms with E-state index in [2.05, 4.69) is 22.6 Å². The van der Waals surface area contributed by atoms with Crippen molar-refractivity contribution in [1.82, 2.24) is 0 Å². The molecule has 0 saturated heterocycles. The average Bonchev–Trinajstić information content (AvgIpc) is 2.41. The van der Waals surface area contributed by atoms with Gasteiger partial charge in [0.25, 0.3) is 0 Å². The Labute approximate surface area is 124 Å². The summed E-state index contributed by atoms with van der Waals surface area (Å²) in [4.78, 5) is 12.4. The number of ketones is 1. The molecular formula is C15H12FIO2. The molecule has 19 heavy (non-hydrogen) atoms. The molecular weight excluding hydrogens is 358 g/mol. The van der Waals surface area contributed by atoms with Crippen LogP contribution in [-0.2, 0) is 0 Å². The van der Waals surface area contributed by atoms with E-state index in [4.69, 9.17) is 4.74 Å². The highest BCUT2D eigenvalue weighted by molar-refractivity contribution is 14.1. The molecule has 0 amide bonds. The van der Waals surface area contributed by atoms with Gasteiger partial charge in [-0.25, -0.2) is 4.39 Å². The number of ether oxygens (including phenoxy) is 1. The fraction of sp³-hybridized carbons (Fsp3) is 0.133. The number of aryl methyl sites for hydroxylation is 1. The Hall–Kier alpha value is -1.43. The number of hydrogen-bond acceptors (Lipinski definition) is 2. The summed E-state index contributed by atoms with van der Waals surface area (Å²) in [6, 6.07) is 9.81. The summed E-state index contributed by atoms with van der Waals surface area (Å²) in [6.45, 7) is 1.66. The molecule has 0 heterocycles. The lowest BCUT2D eigenvalue weighted by Gasteiger charge is -2.08. The monoisotopic (exact) mass is 370 g/mol. The van der Waals surface area contributed by atoms with Crippen LogP contribution in [0.3, 0.4) is 0 Å². The van der Waals surface area contributed by atoms with Gasteiger partial charge in [-0.2, -0.15) is 0 Å². The lowest BCUT2D eigenvalue weighted by Crippen LogP contribution is -2.05. The number of carbonyl (C=O) groups excluding carboxylic acids is 1. The highest BCUT2D eigenvalue weighted by Gasteiger charge is 2.16. The first kappa shape index (κ1) is 14.0. The van der Waals surface area contributed by atoms with Crippen LogP contribution in [0.15, 0.2) is 36.4 Å². The summed E-state index contributed by atoms with van der Waals surface area (Å²) < 4.78 is 19.6. The smallest absolute Gasteiger partial charge is 0.196 e. The van der Waals surface area contributed by atoms with Gasteiger partial charge < -0.3 is 4.74 Å². The lowest BCUT2D eigenvalue weighted by molar-refractivity contribution is 0.103. The minimum absolute atomic E-state index is 0.241. The zero-order valence-corrected chi connectivity index (χ0v) is 12.7. The Morgan fingerprint density at radius 3 is 2.58 bits per heavy atom. The molecule has 0 spiro atoms. The topological polar surface area (TPSA) is 26.3 Å². The largest absolute Gasteiger partial charge is 0.496 e. The summed E-state index contributed by atoms with van der Waals surface area (Å²) in [7, 11) is 1.51. The number of rotatable bonds is 3. The van der Waals surface area contributed by atoms with Crippen LogP contribution >= 0.6 is 22.6 Å². The van der Waals surface area contributed by atoms with Crippen molar-refractivity contribution in [1.29, 1.82) is 0 Å². The van der Waals surface area contributed by atoms with Gasteiger partial charge in [-0.05, 0) is 59.3 Å². The Balaban J connectivity index is 2.49. The van der Waals surface area contributed by atoms with E-state index in [9.17, 15) is 9.18 Å². The van der Waals surface area contributed by atoms with Crippen molar-refractivity contribution in [3.63, 3.8) is 0 Å². The molecule has 98 valence electrons. The molecule has 4 heteroatoms. The number of hydrogen-bond donors (Lipinski definition) is 0. The number of carbonyl (C=O) groups is 1. The minimum atomic E-state index is -0.379. The van der Waals surface area contributed by atoms with E-state index in [0.29, 0.717) is 22.4 Å². The first-order valence-corrected chi connectivity index (χ1v) is 6.75. The molecule has 0 bridgehead atoms. The van der Waals surface area contributed by atoms with Crippen molar-refractivity contribution in [3.8, 4) is 5.75 Å². The molecule has 2 aromatic carbocycles. The van der Waals surface area contributed by atoms with Crippen LogP contribution in [0.5, 0.6) is 5.75 Å². The van der Waals surface area contributed by atoms with Gasteiger partial charge in [-0.3, -0.25) is 4.79 Å². The zero-order chi connectivity index (χ0) is 14.0. The summed E-state index contributed by atoms with van der Waals surface area (Å²) in [6.07, 6.45) is 0. The van der Waals surface area contributed by atoms with Gasteiger partial charge in [0, 0.05) is 9.13 Å². The molecule has 0 unspecified atom stereocenters. The molecule has 2 aromatic rings. The summed E-state index contributed by atoms with van der Waals surface area (Å²) in [5, 5.41) is 0.